The number of benzene rings is 3. The van der Waals surface area contributed by atoms with Crippen molar-refractivity contribution in [1.29, 1.82) is 0 Å². The van der Waals surface area contributed by atoms with Crippen LogP contribution in [0.3, 0.4) is 0 Å². The zero-order valence-corrected chi connectivity index (χ0v) is 10.6. The quantitative estimate of drug-likeness (QED) is 0.693. The lowest BCUT2D eigenvalue weighted by atomic mass is 9.94. The van der Waals surface area contributed by atoms with Crippen LogP contribution in [-0.2, 0) is 0 Å². The average molecular weight is 264 g/mol. The fourth-order valence-corrected chi connectivity index (χ4v) is 2.41. The second-order valence-electron chi connectivity index (χ2n) is 4.57. The molecule has 20 heavy (non-hydrogen) atoms. The molecular formula is C17H12O3. The Labute approximate surface area is 115 Å². The van der Waals surface area contributed by atoms with Gasteiger partial charge in [0.2, 0.25) is 0 Å². The Morgan fingerprint density at radius 1 is 0.850 bits per heavy atom. The van der Waals surface area contributed by atoms with E-state index in [1.54, 1.807) is 12.1 Å². The number of hydrogen-bond acceptors (Lipinski definition) is 3. The number of fused-ring (bicyclic) bond motifs is 1. The molecule has 3 aromatic carbocycles. The first-order valence-corrected chi connectivity index (χ1v) is 6.20. The fraction of sp³-hybridized carbons (Fsp3) is 0. The average Bonchev–Trinajstić information content (AvgIpc) is 2.46. The molecule has 0 aliphatic rings. The minimum atomic E-state index is -0.0524. The highest BCUT2D eigenvalue weighted by atomic mass is 16.3. The zero-order valence-electron chi connectivity index (χ0n) is 10.6. The van der Waals surface area contributed by atoms with Crippen LogP contribution in [0.5, 0.6) is 11.5 Å². The molecule has 0 fully saturated rings. The Morgan fingerprint density at radius 2 is 1.60 bits per heavy atom. The summed E-state index contributed by atoms with van der Waals surface area (Å²) in [6, 6.07) is 15.6. The molecule has 3 aromatic rings. The highest BCUT2D eigenvalue weighted by Crippen LogP contribution is 2.36. The van der Waals surface area contributed by atoms with Crippen LogP contribution in [0.25, 0.3) is 21.9 Å². The van der Waals surface area contributed by atoms with Crippen LogP contribution >= 0.6 is 0 Å². The molecule has 0 aromatic heterocycles. The van der Waals surface area contributed by atoms with E-state index in [1.807, 2.05) is 30.3 Å². The lowest BCUT2D eigenvalue weighted by Gasteiger charge is -2.10. The molecule has 0 aliphatic heterocycles. The minimum Gasteiger partial charge on any atom is -0.508 e. The van der Waals surface area contributed by atoms with Crippen molar-refractivity contribution in [3.63, 3.8) is 0 Å². The van der Waals surface area contributed by atoms with Crippen molar-refractivity contribution < 1.29 is 15.0 Å². The third-order valence-electron chi connectivity index (χ3n) is 3.36. The fourth-order valence-electron chi connectivity index (χ4n) is 2.41. The molecule has 3 nitrogen and oxygen atoms in total. The molecule has 2 N–H and O–H groups in total. The van der Waals surface area contributed by atoms with E-state index >= 15 is 0 Å². The summed E-state index contributed by atoms with van der Waals surface area (Å²) in [4.78, 5) is 11.5. The normalized spacial score (nSPS) is 10.6. The monoisotopic (exact) mass is 264 g/mol. The predicted molar refractivity (Wildman–Crippen MR) is 78.1 cm³/mol. The third kappa shape index (κ3) is 1.89. The zero-order chi connectivity index (χ0) is 14.1. The highest BCUT2D eigenvalue weighted by molar-refractivity contribution is 6.05. The number of aldehydes is 1. The molecule has 98 valence electrons. The molecule has 0 unspecified atom stereocenters. The van der Waals surface area contributed by atoms with Crippen molar-refractivity contribution in [2.75, 3.05) is 0 Å². The van der Waals surface area contributed by atoms with Crippen LogP contribution in [-0.4, -0.2) is 16.5 Å². The molecule has 0 saturated carbocycles. The molecule has 0 saturated heterocycles. The lowest BCUT2D eigenvalue weighted by molar-refractivity contribution is 0.112. The van der Waals surface area contributed by atoms with Gasteiger partial charge >= 0.3 is 0 Å². The topological polar surface area (TPSA) is 57.5 Å². The summed E-state index contributed by atoms with van der Waals surface area (Å²) in [7, 11) is 0. The van der Waals surface area contributed by atoms with Gasteiger partial charge in [0.1, 0.15) is 11.5 Å². The Balaban J connectivity index is 2.33. The van der Waals surface area contributed by atoms with Crippen LogP contribution in [0.2, 0.25) is 0 Å². The molecule has 0 radical (unpaired) electrons. The van der Waals surface area contributed by atoms with E-state index in [0.29, 0.717) is 16.7 Å². The summed E-state index contributed by atoms with van der Waals surface area (Å²) in [5.74, 6) is -0.0666. The maximum absolute atomic E-state index is 11.5. The molecule has 3 rings (SSSR count). The van der Waals surface area contributed by atoms with Crippen molar-refractivity contribution >= 4 is 17.1 Å². The van der Waals surface area contributed by atoms with Gasteiger partial charge in [-0.1, -0.05) is 36.4 Å². The summed E-state index contributed by atoms with van der Waals surface area (Å²) in [5.41, 5.74) is 1.70. The Morgan fingerprint density at radius 3 is 2.35 bits per heavy atom. The van der Waals surface area contributed by atoms with E-state index in [9.17, 15) is 15.0 Å². The van der Waals surface area contributed by atoms with Crippen molar-refractivity contribution in [2.45, 2.75) is 0 Å². The van der Waals surface area contributed by atoms with E-state index in [0.717, 1.165) is 17.1 Å². The van der Waals surface area contributed by atoms with E-state index < -0.39 is 0 Å². The number of hydrogen-bond donors (Lipinski definition) is 2. The maximum Gasteiger partial charge on any atom is 0.151 e. The molecule has 0 heterocycles. The first kappa shape index (κ1) is 12.2. The summed E-state index contributed by atoms with van der Waals surface area (Å²) in [6.45, 7) is 0. The Bertz CT molecular complexity index is 806. The number of aromatic hydroxyl groups is 2. The Kier molecular flexibility index (Phi) is 2.88. The molecular weight excluding hydrogens is 252 g/mol. The molecule has 0 bridgehead atoms. The highest BCUT2D eigenvalue weighted by Gasteiger charge is 2.12. The van der Waals surface area contributed by atoms with Gasteiger partial charge in [0.25, 0.3) is 0 Å². The third-order valence-corrected chi connectivity index (χ3v) is 3.36. The standard InChI is InChI=1S/C17H12O3/c18-10-16-13-4-2-1-3-11(13)5-7-14(16)15-8-6-12(19)9-17(15)20/h1-10,19-20H. The van der Waals surface area contributed by atoms with Crippen molar-refractivity contribution in [3.05, 3.63) is 60.2 Å². The van der Waals surface area contributed by atoms with Gasteiger partial charge in [-0.2, -0.15) is 0 Å². The van der Waals surface area contributed by atoms with Gasteiger partial charge in [-0.15, -0.1) is 0 Å². The van der Waals surface area contributed by atoms with Crippen LogP contribution in [0, 0.1) is 0 Å². The largest absolute Gasteiger partial charge is 0.508 e. The smallest absolute Gasteiger partial charge is 0.151 e. The SMILES string of the molecule is O=Cc1c(-c2ccc(O)cc2O)ccc2ccccc12. The van der Waals surface area contributed by atoms with Crippen LogP contribution in [0.15, 0.2) is 54.6 Å². The van der Waals surface area contributed by atoms with Gasteiger partial charge in [-0.25, -0.2) is 0 Å². The van der Waals surface area contributed by atoms with Crippen molar-refractivity contribution in [2.24, 2.45) is 0 Å². The number of carbonyl (C=O) groups is 1. The number of rotatable bonds is 2. The molecule has 0 spiro atoms. The number of phenols is 2. The molecule has 0 amide bonds. The van der Waals surface area contributed by atoms with Crippen LogP contribution < -0.4 is 0 Å². The van der Waals surface area contributed by atoms with Crippen LogP contribution in [0.4, 0.5) is 0 Å². The predicted octanol–water partition coefficient (Wildman–Crippen LogP) is 3.73. The van der Waals surface area contributed by atoms with E-state index in [4.69, 9.17) is 0 Å². The summed E-state index contributed by atoms with van der Waals surface area (Å²) < 4.78 is 0. The van der Waals surface area contributed by atoms with Crippen molar-refractivity contribution in [1.82, 2.24) is 0 Å². The number of carbonyl (C=O) groups excluding carboxylic acids is 1. The summed E-state index contributed by atoms with van der Waals surface area (Å²) >= 11 is 0. The Hall–Kier alpha value is -2.81. The van der Waals surface area contributed by atoms with Gasteiger partial charge in [-0.3, -0.25) is 4.79 Å². The lowest BCUT2D eigenvalue weighted by Crippen LogP contribution is -1.90. The summed E-state index contributed by atoms with van der Waals surface area (Å²) in [6.07, 6.45) is 0.796. The van der Waals surface area contributed by atoms with Gasteiger partial charge in [0.05, 0.1) is 0 Å². The van der Waals surface area contributed by atoms with Gasteiger partial charge in [0.15, 0.2) is 6.29 Å². The number of phenolic OH excluding ortho intramolecular Hbond substituents is 2. The minimum absolute atomic E-state index is 0.0142. The van der Waals surface area contributed by atoms with E-state index in [2.05, 4.69) is 0 Å². The van der Waals surface area contributed by atoms with Gasteiger partial charge < -0.3 is 10.2 Å². The van der Waals surface area contributed by atoms with Gasteiger partial charge in [0, 0.05) is 17.2 Å². The second kappa shape index (κ2) is 4.70. The first-order valence-electron chi connectivity index (χ1n) is 6.20. The van der Waals surface area contributed by atoms with E-state index in [-0.39, 0.29) is 11.5 Å². The van der Waals surface area contributed by atoms with Crippen molar-refractivity contribution in [3.8, 4) is 22.6 Å². The first-order chi connectivity index (χ1) is 9.70. The van der Waals surface area contributed by atoms with Crippen LogP contribution in [0.1, 0.15) is 10.4 Å². The molecule has 0 aliphatic carbocycles. The van der Waals surface area contributed by atoms with E-state index in [1.165, 1.54) is 12.1 Å². The maximum atomic E-state index is 11.5. The second-order valence-corrected chi connectivity index (χ2v) is 4.57. The van der Waals surface area contributed by atoms with Gasteiger partial charge in [-0.05, 0) is 28.5 Å². The summed E-state index contributed by atoms with van der Waals surface area (Å²) in [5, 5.41) is 21.1. The molecule has 0 atom stereocenters. The molecule has 3 heteroatoms.